The first-order valence-electron chi connectivity index (χ1n) is 4.05. The number of rotatable bonds is 2. The molecule has 0 fully saturated rings. The Morgan fingerprint density at radius 1 is 1.50 bits per heavy atom. The molecule has 0 spiro atoms. The van der Waals surface area contributed by atoms with Gasteiger partial charge in [-0.25, -0.2) is 0 Å². The molecular weight excluding hydrogens is 235 g/mol. The van der Waals surface area contributed by atoms with Gasteiger partial charge in [0.15, 0.2) is 0 Å². The fourth-order valence-electron chi connectivity index (χ4n) is 1.21. The zero-order chi connectivity index (χ0) is 9.14. The van der Waals surface area contributed by atoms with E-state index in [1.807, 2.05) is 6.07 Å². The largest absolute Gasteiger partial charge is 0.118 e. The molecule has 12 heavy (non-hydrogen) atoms. The third-order valence-electron chi connectivity index (χ3n) is 1.93. The van der Waals surface area contributed by atoms with Gasteiger partial charge in [0.05, 0.1) is 5.38 Å². The lowest BCUT2D eigenvalue weighted by Gasteiger charge is -2.10. The van der Waals surface area contributed by atoms with Crippen LogP contribution in [0.3, 0.4) is 0 Å². The van der Waals surface area contributed by atoms with E-state index < -0.39 is 0 Å². The van der Waals surface area contributed by atoms with Crippen LogP contribution in [-0.2, 0) is 0 Å². The van der Waals surface area contributed by atoms with Gasteiger partial charge < -0.3 is 0 Å². The second-order valence-corrected chi connectivity index (χ2v) is 4.32. The van der Waals surface area contributed by atoms with Crippen molar-refractivity contribution in [3.63, 3.8) is 0 Å². The summed E-state index contributed by atoms with van der Waals surface area (Å²) in [6.07, 6.45) is 0.976. The average Bonchev–Trinajstić information content (AvgIpc) is 2.03. The highest BCUT2D eigenvalue weighted by Crippen LogP contribution is 2.28. The highest BCUT2D eigenvalue weighted by molar-refractivity contribution is 9.10. The van der Waals surface area contributed by atoms with Crippen molar-refractivity contribution < 1.29 is 0 Å². The Kier molecular flexibility index (Phi) is 3.60. The zero-order valence-corrected chi connectivity index (χ0v) is 9.61. The van der Waals surface area contributed by atoms with Crippen molar-refractivity contribution in [2.45, 2.75) is 25.6 Å². The van der Waals surface area contributed by atoms with Crippen LogP contribution in [0.4, 0.5) is 0 Å². The maximum absolute atomic E-state index is 6.13. The number of benzene rings is 1. The summed E-state index contributed by atoms with van der Waals surface area (Å²) in [6.45, 7) is 4.18. The molecule has 0 amide bonds. The molecule has 1 rings (SSSR count). The maximum atomic E-state index is 6.13. The van der Waals surface area contributed by atoms with Crippen LogP contribution in [0.25, 0.3) is 0 Å². The summed E-state index contributed by atoms with van der Waals surface area (Å²) in [4.78, 5) is 0. The smallest absolute Gasteiger partial charge is 0.0585 e. The molecule has 0 nitrogen and oxygen atoms in total. The topological polar surface area (TPSA) is 0 Å². The van der Waals surface area contributed by atoms with Crippen LogP contribution in [0.1, 0.15) is 29.8 Å². The van der Waals surface area contributed by atoms with E-state index in [4.69, 9.17) is 11.6 Å². The van der Waals surface area contributed by atoms with E-state index in [9.17, 15) is 0 Å². The Balaban J connectivity index is 3.01. The van der Waals surface area contributed by atoms with Crippen molar-refractivity contribution in [3.8, 4) is 0 Å². The molecule has 0 radical (unpaired) electrons. The second-order valence-electron chi connectivity index (χ2n) is 2.88. The fourth-order valence-corrected chi connectivity index (χ4v) is 1.93. The van der Waals surface area contributed by atoms with Crippen LogP contribution < -0.4 is 0 Å². The van der Waals surface area contributed by atoms with Crippen LogP contribution in [0, 0.1) is 6.92 Å². The number of alkyl halides is 1. The van der Waals surface area contributed by atoms with Gasteiger partial charge in [-0.2, -0.15) is 0 Å². The molecule has 1 aromatic rings. The lowest BCUT2D eigenvalue weighted by Crippen LogP contribution is -1.91. The molecule has 0 N–H and O–H groups in total. The van der Waals surface area contributed by atoms with E-state index in [1.54, 1.807) is 0 Å². The Morgan fingerprint density at radius 2 is 2.17 bits per heavy atom. The summed E-state index contributed by atoms with van der Waals surface area (Å²) in [6, 6.07) is 6.22. The molecule has 0 saturated carbocycles. The van der Waals surface area contributed by atoms with Crippen molar-refractivity contribution in [1.29, 1.82) is 0 Å². The molecule has 66 valence electrons. The number of aryl methyl sites for hydroxylation is 1. The molecule has 0 aliphatic rings. The molecule has 0 aromatic heterocycles. The first-order chi connectivity index (χ1) is 5.65. The third-order valence-corrected chi connectivity index (χ3v) is 2.96. The molecule has 1 atom stereocenters. The summed E-state index contributed by atoms with van der Waals surface area (Å²) >= 11 is 9.56. The van der Waals surface area contributed by atoms with Gasteiger partial charge in [-0.05, 0) is 36.6 Å². The molecule has 0 heterocycles. The lowest BCUT2D eigenvalue weighted by atomic mass is 10.0. The van der Waals surface area contributed by atoms with Gasteiger partial charge in [0.25, 0.3) is 0 Å². The molecule has 2 heteroatoms. The van der Waals surface area contributed by atoms with Crippen LogP contribution in [0.15, 0.2) is 22.7 Å². The standard InChI is InChI=1S/C10H12BrCl/c1-3-10(12)9-5-4-8(11)6-7(9)2/h4-6,10H,3H2,1-2H3. The van der Waals surface area contributed by atoms with Crippen molar-refractivity contribution in [2.24, 2.45) is 0 Å². The predicted molar refractivity (Wildman–Crippen MR) is 57.8 cm³/mol. The van der Waals surface area contributed by atoms with Crippen LogP contribution in [0.5, 0.6) is 0 Å². The minimum Gasteiger partial charge on any atom is -0.118 e. The minimum atomic E-state index is 0.151. The summed E-state index contributed by atoms with van der Waals surface area (Å²) in [5, 5.41) is 0.151. The Labute approximate surface area is 87.1 Å². The van der Waals surface area contributed by atoms with E-state index in [0.29, 0.717) is 0 Å². The van der Waals surface area contributed by atoms with Crippen LogP contribution in [0.2, 0.25) is 0 Å². The van der Waals surface area contributed by atoms with E-state index in [0.717, 1.165) is 10.9 Å². The number of hydrogen-bond donors (Lipinski definition) is 0. The Hall–Kier alpha value is -0.0100. The third kappa shape index (κ3) is 2.24. The SMILES string of the molecule is CCC(Cl)c1ccc(Br)cc1C. The van der Waals surface area contributed by atoms with E-state index in [2.05, 4.69) is 41.9 Å². The molecule has 1 unspecified atom stereocenters. The molecule has 0 saturated heterocycles. The van der Waals surface area contributed by atoms with Gasteiger partial charge in [-0.15, -0.1) is 11.6 Å². The van der Waals surface area contributed by atoms with Crippen LogP contribution in [-0.4, -0.2) is 0 Å². The molecule has 0 bridgehead atoms. The fraction of sp³-hybridized carbons (Fsp3) is 0.400. The first kappa shape index (κ1) is 10.1. The Morgan fingerprint density at radius 3 is 2.67 bits per heavy atom. The normalized spacial score (nSPS) is 13.0. The highest BCUT2D eigenvalue weighted by Gasteiger charge is 2.07. The van der Waals surface area contributed by atoms with Gasteiger partial charge in [-0.1, -0.05) is 28.9 Å². The van der Waals surface area contributed by atoms with Gasteiger partial charge in [-0.3, -0.25) is 0 Å². The summed E-state index contributed by atoms with van der Waals surface area (Å²) < 4.78 is 1.11. The summed E-state index contributed by atoms with van der Waals surface area (Å²) in [5.41, 5.74) is 2.49. The van der Waals surface area contributed by atoms with Crippen LogP contribution >= 0.6 is 27.5 Å². The van der Waals surface area contributed by atoms with E-state index in [-0.39, 0.29) is 5.38 Å². The molecular formula is C10H12BrCl. The number of halogens is 2. The highest BCUT2D eigenvalue weighted by atomic mass is 79.9. The van der Waals surface area contributed by atoms with Crippen molar-refractivity contribution in [1.82, 2.24) is 0 Å². The van der Waals surface area contributed by atoms with Gasteiger partial charge in [0.1, 0.15) is 0 Å². The minimum absolute atomic E-state index is 0.151. The van der Waals surface area contributed by atoms with Gasteiger partial charge in [0.2, 0.25) is 0 Å². The van der Waals surface area contributed by atoms with Gasteiger partial charge >= 0.3 is 0 Å². The van der Waals surface area contributed by atoms with Crippen molar-refractivity contribution in [2.75, 3.05) is 0 Å². The quantitative estimate of drug-likeness (QED) is 0.678. The van der Waals surface area contributed by atoms with E-state index in [1.165, 1.54) is 11.1 Å². The van der Waals surface area contributed by atoms with Gasteiger partial charge in [0, 0.05) is 4.47 Å². The second kappa shape index (κ2) is 4.29. The predicted octanol–water partition coefficient (Wildman–Crippen LogP) is 4.45. The summed E-state index contributed by atoms with van der Waals surface area (Å²) in [5.74, 6) is 0. The average molecular weight is 248 g/mol. The zero-order valence-electron chi connectivity index (χ0n) is 7.27. The maximum Gasteiger partial charge on any atom is 0.0585 e. The molecule has 1 aromatic carbocycles. The number of hydrogen-bond acceptors (Lipinski definition) is 0. The molecule has 0 aliphatic carbocycles. The Bertz CT molecular complexity index is 271. The first-order valence-corrected chi connectivity index (χ1v) is 5.28. The van der Waals surface area contributed by atoms with Crippen molar-refractivity contribution >= 4 is 27.5 Å². The summed E-state index contributed by atoms with van der Waals surface area (Å²) in [7, 11) is 0. The molecule has 0 aliphatic heterocycles. The van der Waals surface area contributed by atoms with E-state index >= 15 is 0 Å². The van der Waals surface area contributed by atoms with Crippen molar-refractivity contribution in [3.05, 3.63) is 33.8 Å². The lowest BCUT2D eigenvalue weighted by molar-refractivity contribution is 0.875. The monoisotopic (exact) mass is 246 g/mol.